The number of halogens is 1. The van der Waals surface area contributed by atoms with Crippen LogP contribution in [0.2, 0.25) is 0 Å². The molecule has 1 fully saturated rings. The minimum absolute atomic E-state index is 0. The van der Waals surface area contributed by atoms with Crippen LogP contribution >= 0.6 is 35.3 Å². The fourth-order valence-electron chi connectivity index (χ4n) is 3.74. The van der Waals surface area contributed by atoms with Gasteiger partial charge in [-0.2, -0.15) is 0 Å². The highest BCUT2D eigenvalue weighted by Gasteiger charge is 2.21. The highest BCUT2D eigenvalue weighted by atomic mass is 127. The van der Waals surface area contributed by atoms with Crippen molar-refractivity contribution in [3.8, 4) is 0 Å². The van der Waals surface area contributed by atoms with Crippen LogP contribution in [0.3, 0.4) is 0 Å². The second kappa shape index (κ2) is 13.3. The Balaban J connectivity index is 0.00000341. The maximum Gasteiger partial charge on any atom is 0.191 e. The molecule has 0 saturated carbocycles. The normalized spacial score (nSPS) is 19.7. The molecule has 2 aromatic rings. The largest absolute Gasteiger partial charge is 0.373 e. The van der Waals surface area contributed by atoms with Crippen molar-refractivity contribution >= 4 is 41.3 Å². The van der Waals surface area contributed by atoms with Crippen LogP contribution in [0.15, 0.2) is 35.5 Å². The summed E-state index contributed by atoms with van der Waals surface area (Å²) in [5.41, 5.74) is 2.56. The van der Waals surface area contributed by atoms with Crippen LogP contribution in [0.5, 0.6) is 0 Å². The molecule has 1 aliphatic rings. The van der Waals surface area contributed by atoms with Gasteiger partial charge in [-0.05, 0) is 38.8 Å². The van der Waals surface area contributed by atoms with E-state index in [2.05, 4.69) is 72.5 Å². The van der Waals surface area contributed by atoms with Gasteiger partial charge in [0.05, 0.1) is 23.8 Å². The molecule has 0 spiro atoms. The molecule has 2 atom stereocenters. The van der Waals surface area contributed by atoms with E-state index in [1.165, 1.54) is 16.0 Å². The number of aromatic nitrogens is 1. The topological polar surface area (TPSA) is 61.8 Å². The van der Waals surface area contributed by atoms with Gasteiger partial charge in [0.25, 0.3) is 0 Å². The molecule has 31 heavy (non-hydrogen) atoms. The number of rotatable bonds is 8. The molecular formula is C23H36IN5OS. The first-order chi connectivity index (χ1) is 14.5. The summed E-state index contributed by atoms with van der Waals surface area (Å²) in [6.45, 7) is 13.8. The van der Waals surface area contributed by atoms with Gasteiger partial charge in [0, 0.05) is 50.2 Å². The van der Waals surface area contributed by atoms with E-state index in [1.54, 1.807) is 11.3 Å². The van der Waals surface area contributed by atoms with Crippen LogP contribution in [0.1, 0.15) is 41.8 Å². The summed E-state index contributed by atoms with van der Waals surface area (Å²) in [5, 5.41) is 7.89. The number of hydrogen-bond acceptors (Lipinski definition) is 5. The Morgan fingerprint density at radius 3 is 2.45 bits per heavy atom. The quantitative estimate of drug-likeness (QED) is 0.292. The van der Waals surface area contributed by atoms with Gasteiger partial charge in [-0.15, -0.1) is 35.3 Å². The lowest BCUT2D eigenvalue weighted by Crippen LogP contribution is -2.44. The highest BCUT2D eigenvalue weighted by Crippen LogP contribution is 2.15. The van der Waals surface area contributed by atoms with Gasteiger partial charge in [-0.1, -0.05) is 24.3 Å². The number of thiazole rings is 1. The second-order valence-corrected chi connectivity index (χ2v) is 9.32. The molecule has 3 rings (SSSR count). The molecule has 2 heterocycles. The fourth-order valence-corrected chi connectivity index (χ4v) is 4.53. The monoisotopic (exact) mass is 557 g/mol. The number of guanidine groups is 1. The van der Waals surface area contributed by atoms with Crippen LogP contribution in [-0.4, -0.2) is 54.2 Å². The van der Waals surface area contributed by atoms with E-state index in [-0.39, 0.29) is 24.0 Å². The first-order valence-electron chi connectivity index (χ1n) is 10.9. The van der Waals surface area contributed by atoms with Crippen LogP contribution in [0.4, 0.5) is 0 Å². The molecule has 1 aliphatic heterocycles. The molecule has 0 aliphatic carbocycles. The lowest BCUT2D eigenvalue weighted by molar-refractivity contribution is -0.0704. The highest BCUT2D eigenvalue weighted by molar-refractivity contribution is 14.0. The Hall–Kier alpha value is -1.23. The summed E-state index contributed by atoms with van der Waals surface area (Å²) < 4.78 is 5.83. The number of morpholine rings is 1. The predicted octanol–water partition coefficient (Wildman–Crippen LogP) is 3.98. The Kier molecular flexibility index (Phi) is 11.2. The van der Waals surface area contributed by atoms with Crippen molar-refractivity contribution in [2.24, 2.45) is 4.99 Å². The molecule has 2 N–H and O–H groups in total. The van der Waals surface area contributed by atoms with E-state index in [0.717, 1.165) is 50.1 Å². The minimum Gasteiger partial charge on any atom is -0.373 e. The third kappa shape index (κ3) is 9.03. The van der Waals surface area contributed by atoms with E-state index in [1.807, 2.05) is 6.20 Å². The van der Waals surface area contributed by atoms with Crippen LogP contribution in [-0.2, 0) is 24.2 Å². The first-order valence-corrected chi connectivity index (χ1v) is 11.7. The molecule has 0 radical (unpaired) electrons. The van der Waals surface area contributed by atoms with Crippen LogP contribution in [0, 0.1) is 6.92 Å². The molecular weight excluding hydrogens is 521 g/mol. The number of benzene rings is 1. The summed E-state index contributed by atoms with van der Waals surface area (Å²) in [6.07, 6.45) is 3.46. The zero-order valence-corrected chi connectivity index (χ0v) is 22.2. The number of nitrogens with one attached hydrogen (secondary N) is 2. The minimum atomic E-state index is 0. The zero-order chi connectivity index (χ0) is 21.3. The first kappa shape index (κ1) is 26.0. The number of aryl methyl sites for hydroxylation is 1. The van der Waals surface area contributed by atoms with E-state index < -0.39 is 0 Å². The average Bonchev–Trinajstić information content (AvgIpc) is 3.11. The smallest absolute Gasteiger partial charge is 0.191 e. The summed E-state index contributed by atoms with van der Waals surface area (Å²) in [6, 6.07) is 8.82. The summed E-state index contributed by atoms with van der Waals surface area (Å²) in [4.78, 5) is 12.9. The van der Waals surface area contributed by atoms with Gasteiger partial charge in [0.2, 0.25) is 0 Å². The van der Waals surface area contributed by atoms with Gasteiger partial charge < -0.3 is 15.4 Å². The van der Waals surface area contributed by atoms with Crippen LogP contribution in [0.25, 0.3) is 0 Å². The fraction of sp³-hybridized carbons (Fsp3) is 0.565. The van der Waals surface area contributed by atoms with Crippen LogP contribution < -0.4 is 10.6 Å². The predicted molar refractivity (Wildman–Crippen MR) is 141 cm³/mol. The van der Waals surface area contributed by atoms with Gasteiger partial charge in [0.1, 0.15) is 0 Å². The molecule has 1 aromatic carbocycles. The Morgan fingerprint density at radius 1 is 1.16 bits per heavy atom. The Labute approximate surface area is 207 Å². The lowest BCUT2D eigenvalue weighted by Gasteiger charge is -2.35. The standard InChI is InChI=1S/C23H35N5OS.HI/c1-5-24-23(25-11-10-22-26-12-19(4)30-22)27-13-20-6-8-21(9-7-20)16-28-14-17(2)29-18(3)15-28;/h6-9,12,17-18H,5,10-11,13-16H2,1-4H3,(H2,24,25,27);1H. The van der Waals surface area contributed by atoms with E-state index in [4.69, 9.17) is 9.73 Å². The van der Waals surface area contributed by atoms with Gasteiger partial charge in [-0.3, -0.25) is 4.90 Å². The zero-order valence-electron chi connectivity index (χ0n) is 19.1. The number of hydrogen-bond donors (Lipinski definition) is 2. The van der Waals surface area contributed by atoms with Crippen molar-refractivity contribution in [3.63, 3.8) is 0 Å². The van der Waals surface area contributed by atoms with E-state index >= 15 is 0 Å². The Bertz CT molecular complexity index is 801. The molecule has 6 nitrogen and oxygen atoms in total. The third-order valence-electron chi connectivity index (χ3n) is 4.99. The number of ether oxygens (including phenoxy) is 1. The van der Waals surface area contributed by atoms with Crippen molar-refractivity contribution in [2.45, 2.75) is 59.4 Å². The van der Waals surface area contributed by atoms with Gasteiger partial charge in [0.15, 0.2) is 5.96 Å². The van der Waals surface area contributed by atoms with Gasteiger partial charge in [-0.25, -0.2) is 9.98 Å². The summed E-state index contributed by atoms with van der Waals surface area (Å²) >= 11 is 1.75. The van der Waals surface area contributed by atoms with Crippen molar-refractivity contribution in [1.82, 2.24) is 20.5 Å². The Morgan fingerprint density at radius 2 is 1.84 bits per heavy atom. The maximum absolute atomic E-state index is 5.83. The van der Waals surface area contributed by atoms with Crippen molar-refractivity contribution in [1.29, 1.82) is 0 Å². The third-order valence-corrected chi connectivity index (χ3v) is 5.96. The number of nitrogens with zero attached hydrogens (tertiary/aromatic N) is 3. The lowest BCUT2D eigenvalue weighted by atomic mass is 10.1. The van der Waals surface area contributed by atoms with Crippen molar-refractivity contribution in [2.75, 3.05) is 26.2 Å². The molecule has 172 valence electrons. The summed E-state index contributed by atoms with van der Waals surface area (Å²) in [5.74, 6) is 0.853. The van der Waals surface area contributed by atoms with E-state index in [9.17, 15) is 0 Å². The average molecular weight is 558 g/mol. The van der Waals surface area contributed by atoms with E-state index in [0.29, 0.717) is 18.8 Å². The SMILES string of the molecule is CCNC(=NCc1ccc(CN2CC(C)OC(C)C2)cc1)NCCc1ncc(C)s1.I. The molecule has 0 amide bonds. The second-order valence-electron chi connectivity index (χ2n) is 8.00. The maximum atomic E-state index is 5.83. The summed E-state index contributed by atoms with van der Waals surface area (Å²) in [7, 11) is 0. The molecule has 2 unspecified atom stereocenters. The van der Waals surface area contributed by atoms with Crippen molar-refractivity contribution in [3.05, 3.63) is 51.5 Å². The molecule has 1 aromatic heterocycles. The number of aliphatic imine (C=N–C) groups is 1. The van der Waals surface area contributed by atoms with Crippen molar-refractivity contribution < 1.29 is 4.74 Å². The molecule has 0 bridgehead atoms. The molecule has 1 saturated heterocycles. The van der Waals surface area contributed by atoms with Gasteiger partial charge >= 0.3 is 0 Å². The molecule has 8 heteroatoms.